The van der Waals surface area contributed by atoms with Crippen molar-refractivity contribution in [2.24, 2.45) is 5.92 Å². The summed E-state index contributed by atoms with van der Waals surface area (Å²) in [6, 6.07) is 13.9. The molecule has 4 heteroatoms. The molecule has 2 fully saturated rings. The first kappa shape index (κ1) is 14.8. The summed E-state index contributed by atoms with van der Waals surface area (Å²) in [6.07, 6.45) is 0.596. The molecule has 4 nitrogen and oxygen atoms in total. The highest BCUT2D eigenvalue weighted by atomic mass is 16.7. The van der Waals surface area contributed by atoms with E-state index in [1.807, 2.05) is 42.5 Å². The molecular formula is C19H20O4. The van der Waals surface area contributed by atoms with Crippen molar-refractivity contribution in [3.8, 4) is 0 Å². The summed E-state index contributed by atoms with van der Waals surface area (Å²) in [5.41, 5.74) is 0.775. The number of ether oxygens (including phenoxy) is 2. The summed E-state index contributed by atoms with van der Waals surface area (Å²) in [5.74, 6) is -1.05. The zero-order valence-electron chi connectivity index (χ0n) is 12.9. The molecule has 0 amide bonds. The number of hydrogen-bond acceptors (Lipinski definition) is 4. The van der Waals surface area contributed by atoms with E-state index in [4.69, 9.17) is 9.47 Å². The molecule has 1 heterocycles. The topological polar surface area (TPSA) is 55.8 Å². The normalized spacial score (nSPS) is 25.1. The van der Waals surface area contributed by atoms with Gasteiger partial charge in [-0.2, -0.15) is 0 Å². The highest BCUT2D eigenvalue weighted by molar-refractivity contribution is 5.85. The van der Waals surface area contributed by atoms with Crippen LogP contribution in [0.2, 0.25) is 0 Å². The van der Waals surface area contributed by atoms with Crippen LogP contribution >= 0.6 is 0 Å². The molecule has 1 saturated heterocycles. The predicted octanol–water partition coefficient (Wildman–Crippen LogP) is 2.99. The van der Waals surface area contributed by atoms with Gasteiger partial charge < -0.3 is 14.6 Å². The Morgan fingerprint density at radius 3 is 2.61 bits per heavy atom. The number of carbonyl (C=O) groups is 1. The second kappa shape index (κ2) is 5.71. The van der Waals surface area contributed by atoms with Crippen LogP contribution in [0.15, 0.2) is 42.5 Å². The van der Waals surface area contributed by atoms with E-state index in [0.717, 1.165) is 16.3 Å². The molecule has 2 aliphatic rings. The Labute approximate surface area is 135 Å². The smallest absolute Gasteiger partial charge is 0.169 e. The molecule has 1 spiro atoms. The molecule has 4 rings (SSSR count). The highest BCUT2D eigenvalue weighted by Crippen LogP contribution is 2.42. The van der Waals surface area contributed by atoms with Crippen LogP contribution in [0.25, 0.3) is 10.8 Å². The molecule has 0 unspecified atom stereocenters. The van der Waals surface area contributed by atoms with Crippen molar-refractivity contribution in [1.29, 1.82) is 0 Å². The number of rotatable bonds is 2. The lowest BCUT2D eigenvalue weighted by Crippen LogP contribution is -2.42. The van der Waals surface area contributed by atoms with Crippen molar-refractivity contribution in [1.82, 2.24) is 0 Å². The Balaban J connectivity index is 1.63. The summed E-state index contributed by atoms with van der Waals surface area (Å²) in [4.78, 5) is 12.3. The summed E-state index contributed by atoms with van der Waals surface area (Å²) < 4.78 is 11.5. The van der Waals surface area contributed by atoms with Gasteiger partial charge in [-0.05, 0) is 22.4 Å². The number of carbonyl (C=O) groups excluding carboxylic acids is 1. The van der Waals surface area contributed by atoms with Gasteiger partial charge in [0.1, 0.15) is 5.78 Å². The third-order valence-electron chi connectivity index (χ3n) is 5.01. The van der Waals surface area contributed by atoms with Gasteiger partial charge in [0.2, 0.25) is 0 Å². The molecule has 2 aromatic carbocycles. The van der Waals surface area contributed by atoms with E-state index in [0.29, 0.717) is 32.5 Å². The van der Waals surface area contributed by atoms with Crippen LogP contribution in [0.5, 0.6) is 0 Å². The van der Waals surface area contributed by atoms with Gasteiger partial charge >= 0.3 is 0 Å². The molecule has 23 heavy (non-hydrogen) atoms. The number of benzene rings is 2. The number of hydrogen-bond donors (Lipinski definition) is 1. The molecule has 1 aliphatic heterocycles. The molecule has 1 N–H and O–H groups in total. The fraction of sp³-hybridized carbons (Fsp3) is 0.421. The van der Waals surface area contributed by atoms with Gasteiger partial charge in [0.15, 0.2) is 5.79 Å². The molecule has 1 aliphatic carbocycles. The summed E-state index contributed by atoms with van der Waals surface area (Å²) >= 11 is 0. The maximum atomic E-state index is 12.3. The van der Waals surface area contributed by atoms with Crippen molar-refractivity contribution in [2.75, 3.05) is 13.2 Å². The van der Waals surface area contributed by atoms with Gasteiger partial charge in [0.25, 0.3) is 0 Å². The van der Waals surface area contributed by atoms with Crippen molar-refractivity contribution in [3.05, 3.63) is 48.0 Å². The van der Waals surface area contributed by atoms with Crippen molar-refractivity contribution in [2.45, 2.75) is 31.2 Å². The van der Waals surface area contributed by atoms with E-state index in [-0.39, 0.29) is 5.78 Å². The summed E-state index contributed by atoms with van der Waals surface area (Å²) in [5, 5.41) is 13.0. The van der Waals surface area contributed by atoms with Gasteiger partial charge in [-0.3, -0.25) is 4.79 Å². The quantitative estimate of drug-likeness (QED) is 0.926. The monoisotopic (exact) mass is 312 g/mol. The lowest BCUT2D eigenvalue weighted by Gasteiger charge is -2.37. The number of ketones is 1. The van der Waals surface area contributed by atoms with Crippen LogP contribution in [0.3, 0.4) is 0 Å². The zero-order valence-corrected chi connectivity index (χ0v) is 12.9. The number of Topliss-reactive ketones (excluding diaryl/α,β-unsaturated/α-hetero) is 1. The van der Waals surface area contributed by atoms with E-state index in [9.17, 15) is 9.90 Å². The second-order valence-electron chi connectivity index (χ2n) is 6.44. The predicted molar refractivity (Wildman–Crippen MR) is 85.9 cm³/mol. The Morgan fingerprint density at radius 2 is 1.83 bits per heavy atom. The van der Waals surface area contributed by atoms with E-state index in [1.165, 1.54) is 0 Å². The average Bonchev–Trinajstić information content (AvgIpc) is 3.04. The number of aliphatic hydroxyl groups excluding tert-OH is 1. The molecular weight excluding hydrogens is 292 g/mol. The van der Waals surface area contributed by atoms with Crippen LogP contribution in [-0.2, 0) is 14.3 Å². The zero-order chi connectivity index (χ0) is 15.9. The van der Waals surface area contributed by atoms with E-state index in [1.54, 1.807) is 0 Å². The Morgan fingerprint density at radius 1 is 1.09 bits per heavy atom. The maximum Gasteiger partial charge on any atom is 0.169 e. The minimum atomic E-state index is -0.822. The molecule has 120 valence electrons. The van der Waals surface area contributed by atoms with E-state index in [2.05, 4.69) is 0 Å². The average molecular weight is 312 g/mol. The standard InChI is InChI=1S/C19H20O4/c20-17-7-8-19(22-9-10-23-19)12-16(17)18(21)15-6-5-13-3-1-2-4-14(13)11-15/h1-6,11,16,18,21H,7-10,12H2/t16-,18+/m1/s1. The largest absolute Gasteiger partial charge is 0.388 e. The maximum absolute atomic E-state index is 12.3. The lowest BCUT2D eigenvalue weighted by molar-refractivity contribution is -0.196. The molecule has 2 atom stereocenters. The van der Waals surface area contributed by atoms with Gasteiger partial charge in [0, 0.05) is 19.3 Å². The third-order valence-corrected chi connectivity index (χ3v) is 5.01. The Hall–Kier alpha value is -1.75. The molecule has 0 radical (unpaired) electrons. The number of aliphatic hydroxyl groups is 1. The minimum Gasteiger partial charge on any atom is -0.388 e. The number of fused-ring (bicyclic) bond motifs is 1. The Bertz CT molecular complexity index is 733. The van der Waals surface area contributed by atoms with Crippen LogP contribution < -0.4 is 0 Å². The first-order chi connectivity index (χ1) is 11.2. The van der Waals surface area contributed by atoms with Crippen LogP contribution in [-0.4, -0.2) is 29.9 Å². The Kier molecular flexibility index (Phi) is 3.68. The fourth-order valence-electron chi connectivity index (χ4n) is 3.72. The molecule has 1 saturated carbocycles. The van der Waals surface area contributed by atoms with Gasteiger partial charge in [0.05, 0.1) is 25.2 Å². The van der Waals surface area contributed by atoms with Crippen LogP contribution in [0.1, 0.15) is 30.9 Å². The van der Waals surface area contributed by atoms with E-state index < -0.39 is 17.8 Å². The van der Waals surface area contributed by atoms with Crippen molar-refractivity contribution in [3.63, 3.8) is 0 Å². The fourth-order valence-corrected chi connectivity index (χ4v) is 3.72. The second-order valence-corrected chi connectivity index (χ2v) is 6.44. The SMILES string of the molecule is O=C1CCC2(C[C@H]1[C@@H](O)c1ccc3ccccc3c1)OCCO2. The first-order valence-electron chi connectivity index (χ1n) is 8.14. The van der Waals surface area contributed by atoms with E-state index >= 15 is 0 Å². The molecule has 0 aromatic heterocycles. The lowest BCUT2D eigenvalue weighted by atomic mass is 9.78. The highest BCUT2D eigenvalue weighted by Gasteiger charge is 2.47. The van der Waals surface area contributed by atoms with Crippen LogP contribution in [0.4, 0.5) is 0 Å². The summed E-state index contributed by atoms with van der Waals surface area (Å²) in [6.45, 7) is 1.12. The molecule has 0 bridgehead atoms. The van der Waals surface area contributed by atoms with Crippen LogP contribution in [0, 0.1) is 5.92 Å². The van der Waals surface area contributed by atoms with Gasteiger partial charge in [-0.25, -0.2) is 0 Å². The van der Waals surface area contributed by atoms with Gasteiger partial charge in [-0.1, -0.05) is 36.4 Å². The first-order valence-corrected chi connectivity index (χ1v) is 8.14. The van der Waals surface area contributed by atoms with Gasteiger partial charge in [-0.15, -0.1) is 0 Å². The van der Waals surface area contributed by atoms with Crippen molar-refractivity contribution < 1.29 is 19.4 Å². The third kappa shape index (κ3) is 2.67. The minimum absolute atomic E-state index is 0.0929. The molecule has 2 aromatic rings. The summed E-state index contributed by atoms with van der Waals surface area (Å²) in [7, 11) is 0. The van der Waals surface area contributed by atoms with Crippen molar-refractivity contribution >= 4 is 16.6 Å².